The molecule has 6 nitrogen and oxygen atoms in total. The number of hydrogen-bond acceptors (Lipinski definition) is 5. The van der Waals surface area contributed by atoms with Gasteiger partial charge in [-0.15, -0.1) is 12.4 Å². The minimum Gasteiger partial charge on any atom is -0.495 e. The number of carbonyl (C=O) groups is 1. The van der Waals surface area contributed by atoms with Crippen LogP contribution in [0.25, 0.3) is 0 Å². The van der Waals surface area contributed by atoms with E-state index in [0.717, 1.165) is 70.8 Å². The maximum atomic E-state index is 12.9. The first-order chi connectivity index (χ1) is 15.8. The number of benzene rings is 2. The lowest BCUT2D eigenvalue weighted by Crippen LogP contribution is -2.46. The van der Waals surface area contributed by atoms with E-state index < -0.39 is 0 Å². The predicted molar refractivity (Wildman–Crippen MR) is 135 cm³/mol. The summed E-state index contributed by atoms with van der Waals surface area (Å²) in [7, 11) is 1.73. The molecule has 2 aromatic carbocycles. The van der Waals surface area contributed by atoms with Crippen LogP contribution in [-0.2, 0) is 0 Å². The van der Waals surface area contributed by atoms with Crippen LogP contribution < -0.4 is 14.4 Å². The minimum absolute atomic E-state index is 0. The quantitative estimate of drug-likeness (QED) is 0.534. The number of likely N-dealkylation sites (tertiary alicyclic amines) is 1. The number of methoxy groups -OCH3 is 1. The lowest BCUT2D eigenvalue weighted by Gasteiger charge is -2.36. The van der Waals surface area contributed by atoms with Gasteiger partial charge in [0, 0.05) is 45.8 Å². The molecule has 0 radical (unpaired) electrons. The van der Waals surface area contributed by atoms with Crippen LogP contribution >= 0.6 is 12.4 Å². The molecule has 2 aliphatic heterocycles. The Labute approximate surface area is 203 Å². The van der Waals surface area contributed by atoms with Crippen molar-refractivity contribution < 1.29 is 14.3 Å². The average molecular weight is 474 g/mol. The molecule has 180 valence electrons. The van der Waals surface area contributed by atoms with Gasteiger partial charge in [0.25, 0.3) is 5.91 Å². The Morgan fingerprint density at radius 3 is 2.24 bits per heavy atom. The number of nitrogens with zero attached hydrogens (tertiary/aromatic N) is 3. The van der Waals surface area contributed by atoms with Gasteiger partial charge in [-0.1, -0.05) is 24.3 Å². The summed E-state index contributed by atoms with van der Waals surface area (Å²) in [5, 5.41) is 0. The topological polar surface area (TPSA) is 45.3 Å². The molecular formula is C26H36ClN3O3. The number of ether oxygens (including phenoxy) is 2. The first-order valence-corrected chi connectivity index (χ1v) is 11.9. The molecule has 2 aliphatic rings. The van der Waals surface area contributed by atoms with E-state index in [0.29, 0.717) is 17.9 Å². The van der Waals surface area contributed by atoms with E-state index in [1.165, 1.54) is 12.1 Å². The van der Waals surface area contributed by atoms with Crippen molar-refractivity contribution in [1.82, 2.24) is 9.80 Å². The minimum atomic E-state index is 0. The summed E-state index contributed by atoms with van der Waals surface area (Å²) in [4.78, 5) is 19.8. The summed E-state index contributed by atoms with van der Waals surface area (Å²) in [6.07, 6.45) is 4.36. The molecule has 0 aliphatic carbocycles. The zero-order valence-corrected chi connectivity index (χ0v) is 20.4. The molecule has 0 unspecified atom stereocenters. The van der Waals surface area contributed by atoms with Crippen LogP contribution in [0.2, 0.25) is 0 Å². The van der Waals surface area contributed by atoms with Crippen LogP contribution in [0.5, 0.6) is 11.5 Å². The Kier molecular flexibility index (Phi) is 9.70. The van der Waals surface area contributed by atoms with Gasteiger partial charge in [0.15, 0.2) is 0 Å². The Morgan fingerprint density at radius 1 is 0.848 bits per heavy atom. The highest BCUT2D eigenvalue weighted by atomic mass is 35.5. The van der Waals surface area contributed by atoms with E-state index in [1.54, 1.807) is 7.11 Å². The summed E-state index contributed by atoms with van der Waals surface area (Å²) in [5.74, 6) is 1.75. The van der Waals surface area contributed by atoms with Crippen molar-refractivity contribution in [1.29, 1.82) is 0 Å². The van der Waals surface area contributed by atoms with Crippen molar-refractivity contribution in [3.63, 3.8) is 0 Å². The number of anilines is 1. The van der Waals surface area contributed by atoms with Crippen molar-refractivity contribution in [2.45, 2.75) is 25.7 Å². The van der Waals surface area contributed by atoms with Gasteiger partial charge in [-0.3, -0.25) is 9.69 Å². The predicted octanol–water partition coefficient (Wildman–Crippen LogP) is 4.33. The maximum absolute atomic E-state index is 12.9. The van der Waals surface area contributed by atoms with Crippen molar-refractivity contribution in [3.8, 4) is 11.5 Å². The number of carbonyl (C=O) groups excluding carboxylic acids is 1. The molecule has 2 saturated heterocycles. The number of rotatable bonds is 8. The van der Waals surface area contributed by atoms with E-state index in [1.807, 2.05) is 41.3 Å². The second-order valence-electron chi connectivity index (χ2n) is 8.55. The van der Waals surface area contributed by atoms with E-state index in [4.69, 9.17) is 9.47 Å². The van der Waals surface area contributed by atoms with Crippen LogP contribution in [-0.4, -0.2) is 75.2 Å². The van der Waals surface area contributed by atoms with Gasteiger partial charge in [-0.05, 0) is 49.9 Å². The molecule has 0 saturated carbocycles. The number of piperazine rings is 1. The lowest BCUT2D eigenvalue weighted by atomic mass is 10.1. The third kappa shape index (κ3) is 6.55. The van der Waals surface area contributed by atoms with Gasteiger partial charge in [-0.2, -0.15) is 0 Å². The third-order valence-electron chi connectivity index (χ3n) is 6.44. The number of piperidine rings is 1. The molecule has 0 spiro atoms. The third-order valence-corrected chi connectivity index (χ3v) is 6.44. The zero-order chi connectivity index (χ0) is 22.2. The number of halogens is 1. The van der Waals surface area contributed by atoms with Gasteiger partial charge < -0.3 is 19.3 Å². The van der Waals surface area contributed by atoms with Gasteiger partial charge >= 0.3 is 0 Å². The fraction of sp³-hybridized carbons (Fsp3) is 0.500. The highest BCUT2D eigenvalue weighted by molar-refractivity contribution is 5.97. The Hall–Kier alpha value is -2.44. The van der Waals surface area contributed by atoms with E-state index in [9.17, 15) is 4.79 Å². The van der Waals surface area contributed by atoms with Crippen LogP contribution in [0, 0.1) is 0 Å². The Balaban J connectivity index is 0.00000306. The summed E-state index contributed by atoms with van der Waals surface area (Å²) < 4.78 is 11.6. The molecule has 1 amide bonds. The van der Waals surface area contributed by atoms with E-state index in [2.05, 4.69) is 21.9 Å². The number of hydrogen-bond donors (Lipinski definition) is 0. The molecule has 2 heterocycles. The van der Waals surface area contributed by atoms with Gasteiger partial charge in [-0.25, -0.2) is 0 Å². The summed E-state index contributed by atoms with van der Waals surface area (Å²) in [6, 6.07) is 15.9. The van der Waals surface area contributed by atoms with Gasteiger partial charge in [0.1, 0.15) is 11.5 Å². The highest BCUT2D eigenvalue weighted by Crippen LogP contribution is 2.28. The van der Waals surface area contributed by atoms with Gasteiger partial charge in [0.2, 0.25) is 0 Å². The molecule has 4 rings (SSSR count). The molecule has 0 N–H and O–H groups in total. The molecule has 0 atom stereocenters. The van der Waals surface area contributed by atoms with Gasteiger partial charge in [0.05, 0.1) is 25.0 Å². The van der Waals surface area contributed by atoms with Crippen LogP contribution in [0.3, 0.4) is 0 Å². The van der Waals surface area contributed by atoms with Crippen LogP contribution in [0.1, 0.15) is 36.0 Å². The number of amides is 1. The van der Waals surface area contributed by atoms with Crippen molar-refractivity contribution in [2.75, 3.05) is 64.4 Å². The fourth-order valence-electron chi connectivity index (χ4n) is 4.61. The average Bonchev–Trinajstić information content (AvgIpc) is 2.87. The van der Waals surface area contributed by atoms with Crippen molar-refractivity contribution in [2.24, 2.45) is 0 Å². The Morgan fingerprint density at radius 2 is 1.52 bits per heavy atom. The van der Waals surface area contributed by atoms with E-state index in [-0.39, 0.29) is 18.3 Å². The molecule has 2 fully saturated rings. The SMILES string of the molecule is COc1ccccc1N1CCN(CCCOc2ccccc2C(=O)N2CCCCC2)CC1.Cl. The molecular weight excluding hydrogens is 438 g/mol. The second kappa shape index (κ2) is 12.7. The lowest BCUT2D eigenvalue weighted by molar-refractivity contribution is 0.0719. The fourth-order valence-corrected chi connectivity index (χ4v) is 4.61. The summed E-state index contributed by atoms with van der Waals surface area (Å²) in [6.45, 7) is 7.38. The molecule has 0 bridgehead atoms. The van der Waals surface area contributed by atoms with Crippen molar-refractivity contribution >= 4 is 24.0 Å². The van der Waals surface area contributed by atoms with Crippen LogP contribution in [0.15, 0.2) is 48.5 Å². The largest absolute Gasteiger partial charge is 0.495 e. The first-order valence-electron chi connectivity index (χ1n) is 11.9. The normalized spacial score (nSPS) is 16.8. The molecule has 7 heteroatoms. The number of para-hydroxylation sites is 3. The van der Waals surface area contributed by atoms with Crippen molar-refractivity contribution in [3.05, 3.63) is 54.1 Å². The van der Waals surface area contributed by atoms with Crippen LogP contribution in [0.4, 0.5) is 5.69 Å². The summed E-state index contributed by atoms with van der Waals surface area (Å²) >= 11 is 0. The maximum Gasteiger partial charge on any atom is 0.257 e. The Bertz CT molecular complexity index is 881. The molecule has 33 heavy (non-hydrogen) atoms. The monoisotopic (exact) mass is 473 g/mol. The molecule has 0 aromatic heterocycles. The molecule has 2 aromatic rings. The smallest absolute Gasteiger partial charge is 0.257 e. The first kappa shape index (κ1) is 25.2. The van der Waals surface area contributed by atoms with E-state index >= 15 is 0 Å². The summed E-state index contributed by atoms with van der Waals surface area (Å²) in [5.41, 5.74) is 1.87. The standard InChI is InChI=1S/C26H35N3O3.ClH/c1-31-25-13-6-4-11-23(25)28-19-17-27(18-20-28)14-9-21-32-24-12-5-3-10-22(24)26(30)29-15-7-2-8-16-29;/h3-6,10-13H,2,7-9,14-21H2,1H3;1H. The highest BCUT2D eigenvalue weighted by Gasteiger charge is 2.22. The zero-order valence-electron chi connectivity index (χ0n) is 19.6. The second-order valence-corrected chi connectivity index (χ2v) is 8.55.